The molecule has 0 saturated heterocycles. The number of hydrogen-bond acceptors (Lipinski definition) is 2. The molecule has 0 unspecified atom stereocenters. The summed E-state index contributed by atoms with van der Waals surface area (Å²) in [6.45, 7) is 2.85. The molecule has 1 saturated carbocycles. The summed E-state index contributed by atoms with van der Waals surface area (Å²) in [5, 5.41) is 0. The number of likely N-dealkylation sites (N-methyl/N-ethyl adjacent to an activating group) is 1. The highest BCUT2D eigenvalue weighted by molar-refractivity contribution is 5.81. The number of nitrogens with zero attached hydrogens (tertiary/aromatic N) is 3. The summed E-state index contributed by atoms with van der Waals surface area (Å²) in [7, 11) is 1.83. The van der Waals surface area contributed by atoms with Crippen LogP contribution in [-0.4, -0.2) is 33.0 Å². The van der Waals surface area contributed by atoms with Crippen molar-refractivity contribution < 1.29 is 4.79 Å². The third-order valence-electron chi connectivity index (χ3n) is 4.15. The number of imidazole rings is 1. The molecule has 0 bridgehead atoms. The highest BCUT2D eigenvalue weighted by Crippen LogP contribution is 2.25. The lowest BCUT2D eigenvalue weighted by Gasteiger charge is -2.16. The fourth-order valence-electron chi connectivity index (χ4n) is 2.78. The van der Waals surface area contributed by atoms with Crippen molar-refractivity contribution in [3.05, 3.63) is 34.7 Å². The summed E-state index contributed by atoms with van der Waals surface area (Å²) >= 11 is 0. The Balaban J connectivity index is 1.99. The molecule has 0 radical (unpaired) electrons. The Morgan fingerprint density at radius 1 is 1.24 bits per heavy atom. The van der Waals surface area contributed by atoms with E-state index in [1.807, 2.05) is 38.2 Å². The number of rotatable bonds is 5. The number of aromatic nitrogens is 2. The monoisotopic (exact) mass is 287 g/mol. The van der Waals surface area contributed by atoms with Gasteiger partial charge in [-0.3, -0.25) is 13.9 Å². The molecule has 1 heterocycles. The molecule has 0 aliphatic heterocycles. The Morgan fingerprint density at radius 3 is 2.43 bits per heavy atom. The maximum absolute atomic E-state index is 12.6. The zero-order valence-corrected chi connectivity index (χ0v) is 12.6. The third kappa shape index (κ3) is 2.48. The number of carbonyl (C=O) groups is 1. The van der Waals surface area contributed by atoms with Crippen LogP contribution in [-0.2, 0) is 17.9 Å². The lowest BCUT2D eigenvalue weighted by Crippen LogP contribution is -2.35. The highest BCUT2D eigenvalue weighted by atomic mass is 16.2. The van der Waals surface area contributed by atoms with E-state index in [1.54, 1.807) is 14.0 Å². The van der Waals surface area contributed by atoms with Crippen molar-refractivity contribution in [2.24, 2.45) is 0 Å². The molecule has 3 rings (SSSR count). The number of para-hydroxylation sites is 2. The molecule has 5 nitrogen and oxygen atoms in total. The molecule has 1 aliphatic rings. The molecule has 0 spiro atoms. The Kier molecular flexibility index (Phi) is 3.57. The first-order valence-electron chi connectivity index (χ1n) is 7.57. The predicted octanol–water partition coefficient (Wildman–Crippen LogP) is 1.83. The molecule has 5 heteroatoms. The quantitative estimate of drug-likeness (QED) is 0.842. The minimum Gasteiger partial charge on any atom is -0.341 e. The second-order valence-corrected chi connectivity index (χ2v) is 5.74. The summed E-state index contributed by atoms with van der Waals surface area (Å²) in [5.74, 6) is 0.0130. The van der Waals surface area contributed by atoms with Crippen LogP contribution in [0.1, 0.15) is 26.2 Å². The van der Waals surface area contributed by atoms with Crippen LogP contribution in [0.5, 0.6) is 0 Å². The summed E-state index contributed by atoms with van der Waals surface area (Å²) in [6, 6.07) is 8.06. The molecule has 2 aromatic rings. The summed E-state index contributed by atoms with van der Waals surface area (Å²) < 4.78 is 3.37. The average Bonchev–Trinajstić information content (AvgIpc) is 3.30. The summed E-state index contributed by atoms with van der Waals surface area (Å²) in [4.78, 5) is 26.7. The van der Waals surface area contributed by atoms with Crippen LogP contribution in [0.3, 0.4) is 0 Å². The topological polar surface area (TPSA) is 47.2 Å². The number of carbonyl (C=O) groups excluding carboxylic acids is 1. The molecule has 1 aliphatic carbocycles. The maximum Gasteiger partial charge on any atom is 0.329 e. The lowest BCUT2D eigenvalue weighted by molar-refractivity contribution is -0.131. The van der Waals surface area contributed by atoms with Crippen molar-refractivity contribution in [2.45, 2.75) is 45.3 Å². The van der Waals surface area contributed by atoms with E-state index >= 15 is 0 Å². The van der Waals surface area contributed by atoms with Gasteiger partial charge in [-0.05, 0) is 31.4 Å². The van der Waals surface area contributed by atoms with Gasteiger partial charge in [0, 0.05) is 19.6 Å². The molecular formula is C16H21N3O2. The van der Waals surface area contributed by atoms with E-state index in [9.17, 15) is 9.59 Å². The standard InChI is InChI=1S/C16H21N3O2/c1-3-10-18-13-6-4-5-7-14(13)19(16(18)21)11-15(20)17(2)12-8-9-12/h4-7,12H,3,8-11H2,1-2H3. The Labute approximate surface area is 123 Å². The molecule has 0 atom stereocenters. The van der Waals surface area contributed by atoms with Crippen molar-refractivity contribution in [1.29, 1.82) is 0 Å². The Hall–Kier alpha value is -2.04. The third-order valence-corrected chi connectivity index (χ3v) is 4.15. The summed E-state index contributed by atoms with van der Waals surface area (Å²) in [6.07, 6.45) is 3.05. The van der Waals surface area contributed by atoms with E-state index in [0.717, 1.165) is 30.3 Å². The van der Waals surface area contributed by atoms with Gasteiger partial charge in [-0.2, -0.15) is 0 Å². The van der Waals surface area contributed by atoms with E-state index in [2.05, 4.69) is 0 Å². The number of fused-ring (bicyclic) bond motifs is 1. The van der Waals surface area contributed by atoms with Crippen LogP contribution < -0.4 is 5.69 Å². The normalized spacial score (nSPS) is 14.6. The molecule has 1 amide bonds. The van der Waals surface area contributed by atoms with Crippen LogP contribution in [0.2, 0.25) is 0 Å². The number of amides is 1. The highest BCUT2D eigenvalue weighted by Gasteiger charge is 2.30. The first kappa shape index (κ1) is 13.9. The van der Waals surface area contributed by atoms with Crippen molar-refractivity contribution >= 4 is 16.9 Å². The van der Waals surface area contributed by atoms with Gasteiger partial charge in [-0.1, -0.05) is 19.1 Å². The predicted molar refractivity (Wildman–Crippen MR) is 82.3 cm³/mol. The molecule has 0 N–H and O–H groups in total. The van der Waals surface area contributed by atoms with Gasteiger partial charge < -0.3 is 4.90 Å². The van der Waals surface area contributed by atoms with Crippen molar-refractivity contribution in [3.8, 4) is 0 Å². The molecule has 1 aromatic carbocycles. The lowest BCUT2D eigenvalue weighted by atomic mass is 10.3. The van der Waals surface area contributed by atoms with E-state index in [4.69, 9.17) is 0 Å². The van der Waals surface area contributed by atoms with Gasteiger partial charge >= 0.3 is 5.69 Å². The van der Waals surface area contributed by atoms with Crippen molar-refractivity contribution in [3.63, 3.8) is 0 Å². The van der Waals surface area contributed by atoms with Gasteiger partial charge in [0.1, 0.15) is 6.54 Å². The van der Waals surface area contributed by atoms with Gasteiger partial charge in [0.15, 0.2) is 0 Å². The van der Waals surface area contributed by atoms with Gasteiger partial charge in [0.05, 0.1) is 11.0 Å². The first-order valence-corrected chi connectivity index (χ1v) is 7.57. The second-order valence-electron chi connectivity index (χ2n) is 5.74. The maximum atomic E-state index is 12.6. The van der Waals surface area contributed by atoms with Gasteiger partial charge in [0.2, 0.25) is 5.91 Å². The van der Waals surface area contributed by atoms with Gasteiger partial charge in [0.25, 0.3) is 0 Å². The van der Waals surface area contributed by atoms with E-state index in [1.165, 1.54) is 0 Å². The van der Waals surface area contributed by atoms with Crippen molar-refractivity contribution in [1.82, 2.24) is 14.0 Å². The average molecular weight is 287 g/mol. The largest absolute Gasteiger partial charge is 0.341 e. The zero-order valence-electron chi connectivity index (χ0n) is 12.6. The Bertz CT molecular complexity index is 725. The number of hydrogen-bond donors (Lipinski definition) is 0. The Morgan fingerprint density at radius 2 is 1.86 bits per heavy atom. The number of aryl methyl sites for hydroxylation is 1. The molecule has 1 fully saturated rings. The number of benzene rings is 1. The molecule has 112 valence electrons. The zero-order chi connectivity index (χ0) is 15.0. The van der Waals surface area contributed by atoms with Crippen LogP contribution in [0.15, 0.2) is 29.1 Å². The molecule has 1 aromatic heterocycles. The minimum atomic E-state index is -0.0874. The molecular weight excluding hydrogens is 266 g/mol. The van der Waals surface area contributed by atoms with E-state index < -0.39 is 0 Å². The smallest absolute Gasteiger partial charge is 0.329 e. The van der Waals surface area contributed by atoms with Crippen LogP contribution >= 0.6 is 0 Å². The van der Waals surface area contributed by atoms with Crippen LogP contribution in [0.4, 0.5) is 0 Å². The summed E-state index contributed by atoms with van der Waals surface area (Å²) in [5.41, 5.74) is 1.66. The van der Waals surface area contributed by atoms with Gasteiger partial charge in [-0.15, -0.1) is 0 Å². The fourth-order valence-corrected chi connectivity index (χ4v) is 2.78. The van der Waals surface area contributed by atoms with Crippen molar-refractivity contribution in [2.75, 3.05) is 7.05 Å². The minimum absolute atomic E-state index is 0.0130. The first-order chi connectivity index (χ1) is 10.1. The SMILES string of the molecule is CCCn1c(=O)n(CC(=O)N(C)C2CC2)c2ccccc21. The fraction of sp³-hybridized carbons (Fsp3) is 0.500. The van der Waals surface area contributed by atoms with Gasteiger partial charge in [-0.25, -0.2) is 4.79 Å². The second kappa shape index (κ2) is 5.39. The van der Waals surface area contributed by atoms with Crippen LogP contribution in [0.25, 0.3) is 11.0 Å². The van der Waals surface area contributed by atoms with E-state index in [0.29, 0.717) is 12.6 Å². The van der Waals surface area contributed by atoms with Crippen LogP contribution in [0, 0.1) is 0 Å². The van der Waals surface area contributed by atoms with E-state index in [-0.39, 0.29) is 18.1 Å². The molecule has 21 heavy (non-hydrogen) atoms.